The van der Waals surface area contributed by atoms with Crippen LogP contribution in [0, 0.1) is 11.6 Å². The van der Waals surface area contributed by atoms with Gasteiger partial charge >= 0.3 is 5.97 Å². The number of Topliss-reactive ketones (excluding diaryl/α,β-unsaturated/α-hetero) is 1. The van der Waals surface area contributed by atoms with Crippen LogP contribution in [0.25, 0.3) is 0 Å². The van der Waals surface area contributed by atoms with Gasteiger partial charge in [0.05, 0.1) is 27.7 Å². The molecule has 1 N–H and O–H groups in total. The highest BCUT2D eigenvalue weighted by molar-refractivity contribution is 9.10. The first-order valence-electron chi connectivity index (χ1n) is 8.72. The quantitative estimate of drug-likeness (QED) is 0.434. The maximum absolute atomic E-state index is 13.1. The molecule has 0 radical (unpaired) electrons. The summed E-state index contributed by atoms with van der Waals surface area (Å²) in [5, 5.41) is 8.37. The van der Waals surface area contributed by atoms with Gasteiger partial charge in [-0.25, -0.2) is 8.78 Å². The number of rotatable bonds is 5. The Kier molecular flexibility index (Phi) is 11.0. The lowest BCUT2D eigenvalue weighted by atomic mass is 10.1. The van der Waals surface area contributed by atoms with Crippen LogP contribution in [0.4, 0.5) is 8.78 Å². The molecule has 0 saturated carbocycles. The van der Waals surface area contributed by atoms with Crippen molar-refractivity contribution in [1.29, 1.82) is 0 Å². The lowest BCUT2D eigenvalue weighted by Gasteiger charge is -2.06. The molecule has 0 unspecified atom stereocenters. The molecule has 2 aromatic rings. The molecule has 0 aromatic heterocycles. The van der Waals surface area contributed by atoms with Gasteiger partial charge < -0.3 is 14.6 Å². The van der Waals surface area contributed by atoms with E-state index in [1.54, 1.807) is 12.1 Å². The highest BCUT2D eigenvalue weighted by Crippen LogP contribution is 2.29. The zero-order chi connectivity index (χ0) is 21.4. The number of fused-ring (bicyclic) bond motifs is 1. The summed E-state index contributed by atoms with van der Waals surface area (Å²) < 4.78 is 37.2. The second kappa shape index (κ2) is 12.6. The minimum Gasteiger partial charge on any atom is -0.493 e. The zero-order valence-corrected chi connectivity index (χ0v) is 18.4. The minimum atomic E-state index is -0.861. The molecule has 1 aliphatic heterocycles. The Hall–Kier alpha value is -2.00. The number of carboxylic acids is 1. The molecule has 1 heterocycles. The van der Waals surface area contributed by atoms with E-state index < -0.39 is 17.6 Å². The van der Waals surface area contributed by atoms with Crippen LogP contribution in [0.1, 0.15) is 43.5 Å². The van der Waals surface area contributed by atoms with Crippen molar-refractivity contribution in [2.45, 2.75) is 33.1 Å². The van der Waals surface area contributed by atoms with E-state index in [9.17, 15) is 18.4 Å². The van der Waals surface area contributed by atoms with E-state index in [1.807, 2.05) is 0 Å². The van der Waals surface area contributed by atoms with Crippen molar-refractivity contribution < 1.29 is 33.0 Å². The van der Waals surface area contributed by atoms with E-state index in [1.165, 1.54) is 18.2 Å². The van der Waals surface area contributed by atoms with Crippen molar-refractivity contribution in [2.75, 3.05) is 13.2 Å². The molecule has 164 valence electrons. The van der Waals surface area contributed by atoms with Crippen LogP contribution in [0.2, 0.25) is 0 Å². The second-order valence-electron chi connectivity index (χ2n) is 6.06. The first-order chi connectivity index (χ1) is 13.8. The van der Waals surface area contributed by atoms with Gasteiger partial charge in [0.15, 0.2) is 5.78 Å². The monoisotopic (exact) mass is 550 g/mol. The van der Waals surface area contributed by atoms with E-state index in [0.717, 1.165) is 0 Å². The van der Waals surface area contributed by atoms with Crippen molar-refractivity contribution in [1.82, 2.24) is 0 Å². The summed E-state index contributed by atoms with van der Waals surface area (Å²) in [5.41, 5.74) is 0.468. The van der Waals surface area contributed by atoms with Gasteiger partial charge in [-0.15, -0.1) is 0 Å². The van der Waals surface area contributed by atoms with E-state index in [2.05, 4.69) is 31.9 Å². The molecular formula is C21H22Br2F2O5. The molecule has 0 bridgehead atoms. The molecule has 3 rings (SSSR count). The summed E-state index contributed by atoms with van der Waals surface area (Å²) in [4.78, 5) is 21.7. The van der Waals surface area contributed by atoms with Crippen LogP contribution in [0.3, 0.4) is 0 Å². The van der Waals surface area contributed by atoms with Crippen LogP contribution in [0.15, 0.2) is 39.3 Å². The average molecular weight is 552 g/mol. The summed E-state index contributed by atoms with van der Waals surface area (Å²) in [6.45, 7) is 0.743. The molecule has 0 spiro atoms. The number of ether oxygens (including phenoxy) is 2. The summed E-state index contributed by atoms with van der Waals surface area (Å²) in [6.07, 6.45) is 1.61. The molecule has 0 fully saturated rings. The number of halogens is 4. The van der Waals surface area contributed by atoms with Gasteiger partial charge in [0.25, 0.3) is 0 Å². The molecule has 1 aliphatic rings. The Bertz CT molecular complexity index is 890. The number of hydrogen-bond donors (Lipinski definition) is 1. The SMILES string of the molecule is C.O=C(O)CCCOc1ccc(Br)c(F)c1.O=C1CCCOc2cc(F)c(Br)cc21. The molecule has 0 atom stereocenters. The Morgan fingerprint density at radius 1 is 1.13 bits per heavy atom. The van der Waals surface area contributed by atoms with Crippen molar-refractivity contribution in [3.63, 3.8) is 0 Å². The summed E-state index contributed by atoms with van der Waals surface area (Å²) in [6, 6.07) is 7.15. The number of hydrogen-bond acceptors (Lipinski definition) is 4. The number of carbonyl (C=O) groups is 2. The Morgan fingerprint density at radius 2 is 1.83 bits per heavy atom. The van der Waals surface area contributed by atoms with Gasteiger partial charge in [0, 0.05) is 25.0 Å². The number of carbonyl (C=O) groups excluding carboxylic acids is 1. The van der Waals surface area contributed by atoms with Gasteiger partial charge in [-0.2, -0.15) is 0 Å². The third-order valence-electron chi connectivity index (χ3n) is 3.82. The number of ketones is 1. The third-order valence-corrected chi connectivity index (χ3v) is 5.07. The fraction of sp³-hybridized carbons (Fsp3) is 0.333. The number of aliphatic carboxylic acids is 1. The molecule has 0 saturated heterocycles. The number of carboxylic acid groups (broad SMARTS) is 1. The highest BCUT2D eigenvalue weighted by Gasteiger charge is 2.18. The first-order valence-corrected chi connectivity index (χ1v) is 10.3. The smallest absolute Gasteiger partial charge is 0.303 e. The largest absolute Gasteiger partial charge is 0.493 e. The van der Waals surface area contributed by atoms with Gasteiger partial charge in [0.1, 0.15) is 23.1 Å². The van der Waals surface area contributed by atoms with E-state index in [4.69, 9.17) is 14.6 Å². The highest BCUT2D eigenvalue weighted by atomic mass is 79.9. The van der Waals surface area contributed by atoms with Gasteiger partial charge in [-0.3, -0.25) is 9.59 Å². The molecule has 5 nitrogen and oxygen atoms in total. The van der Waals surface area contributed by atoms with Crippen molar-refractivity contribution in [3.05, 3.63) is 56.5 Å². The fourth-order valence-electron chi connectivity index (χ4n) is 2.40. The van der Waals surface area contributed by atoms with E-state index in [0.29, 0.717) is 51.9 Å². The molecule has 0 aliphatic carbocycles. The van der Waals surface area contributed by atoms with Crippen LogP contribution >= 0.6 is 31.9 Å². The first kappa shape index (κ1) is 26.0. The van der Waals surface area contributed by atoms with Gasteiger partial charge in [-0.05, 0) is 62.9 Å². The van der Waals surface area contributed by atoms with Gasteiger partial charge in [0.2, 0.25) is 0 Å². The Balaban J connectivity index is 0.000000291. The summed E-state index contributed by atoms with van der Waals surface area (Å²) in [5.74, 6) is -0.891. The van der Waals surface area contributed by atoms with E-state index in [-0.39, 0.29) is 26.2 Å². The van der Waals surface area contributed by atoms with Crippen LogP contribution < -0.4 is 9.47 Å². The van der Waals surface area contributed by atoms with Crippen LogP contribution in [-0.4, -0.2) is 30.1 Å². The molecule has 0 amide bonds. The molecule has 2 aromatic carbocycles. The van der Waals surface area contributed by atoms with Crippen LogP contribution in [0.5, 0.6) is 11.5 Å². The molecular weight excluding hydrogens is 530 g/mol. The lowest BCUT2D eigenvalue weighted by molar-refractivity contribution is -0.137. The fourth-order valence-corrected chi connectivity index (χ4v) is 2.99. The maximum atomic E-state index is 13.1. The van der Waals surface area contributed by atoms with Crippen molar-refractivity contribution in [3.8, 4) is 11.5 Å². The predicted molar refractivity (Wildman–Crippen MR) is 116 cm³/mol. The summed E-state index contributed by atoms with van der Waals surface area (Å²) >= 11 is 6.07. The standard InChI is InChI=1S/C10H10BrFO3.C10H8BrFO2.CH4/c11-8-4-3-7(6-9(8)12)15-5-1-2-10(13)14;11-7-4-6-9(13)2-1-3-14-10(6)5-8(7)12;/h3-4,6H,1-2,5H2,(H,13,14);4-5H,1-3H2;1H4. The van der Waals surface area contributed by atoms with Crippen molar-refractivity contribution >= 4 is 43.6 Å². The van der Waals surface area contributed by atoms with Crippen molar-refractivity contribution in [2.24, 2.45) is 0 Å². The number of benzene rings is 2. The Morgan fingerprint density at radius 3 is 2.50 bits per heavy atom. The average Bonchev–Trinajstić information content (AvgIpc) is 2.84. The van der Waals surface area contributed by atoms with E-state index >= 15 is 0 Å². The Labute approximate surface area is 190 Å². The second-order valence-corrected chi connectivity index (χ2v) is 7.77. The minimum absolute atomic E-state index is 0. The summed E-state index contributed by atoms with van der Waals surface area (Å²) in [7, 11) is 0. The molecule has 9 heteroatoms. The van der Waals surface area contributed by atoms with Crippen LogP contribution in [-0.2, 0) is 4.79 Å². The van der Waals surface area contributed by atoms with Gasteiger partial charge in [-0.1, -0.05) is 7.43 Å². The molecule has 30 heavy (non-hydrogen) atoms. The third kappa shape index (κ3) is 8.02. The lowest BCUT2D eigenvalue weighted by Crippen LogP contribution is -2.02. The predicted octanol–water partition coefficient (Wildman–Crippen LogP) is 6.41. The zero-order valence-electron chi connectivity index (χ0n) is 15.2. The maximum Gasteiger partial charge on any atom is 0.303 e. The topological polar surface area (TPSA) is 72.8 Å². The normalized spacial score (nSPS) is 12.3.